The van der Waals surface area contributed by atoms with Crippen molar-refractivity contribution in [3.8, 4) is 5.75 Å². The maximum Gasteiger partial charge on any atom is 0.522 e. The molecule has 1 aliphatic heterocycles. The van der Waals surface area contributed by atoms with E-state index in [4.69, 9.17) is 4.74 Å². The molecular formula is C26H29F3N6O5. The highest BCUT2D eigenvalue weighted by Gasteiger charge is 2.43. The molecule has 4 rings (SSSR count). The van der Waals surface area contributed by atoms with Crippen LogP contribution < -0.4 is 10.1 Å². The smallest absolute Gasteiger partial charge is 0.486 e. The highest BCUT2D eigenvalue weighted by molar-refractivity contribution is 6.05. The molecule has 1 fully saturated rings. The van der Waals surface area contributed by atoms with Crippen LogP contribution in [0.15, 0.2) is 36.7 Å². The van der Waals surface area contributed by atoms with E-state index in [1.807, 2.05) is 13.8 Å². The fourth-order valence-corrected chi connectivity index (χ4v) is 4.70. The summed E-state index contributed by atoms with van der Waals surface area (Å²) in [7, 11) is 0. The van der Waals surface area contributed by atoms with Crippen molar-refractivity contribution in [3.05, 3.63) is 48.2 Å². The monoisotopic (exact) mass is 562 g/mol. The van der Waals surface area contributed by atoms with Gasteiger partial charge < -0.3 is 15.0 Å². The van der Waals surface area contributed by atoms with Crippen LogP contribution in [0.5, 0.6) is 5.75 Å². The first-order chi connectivity index (χ1) is 18.9. The SMILES string of the molecule is CC(=O)c1nn(CC(=O)N2[C@H](C)[C@H](C)C[C@H]2C(=O)NCCOC(F)(F)F)c2ccc(OCc3ncccn3)cc12. The van der Waals surface area contributed by atoms with Gasteiger partial charge in [-0.05, 0) is 43.5 Å². The molecule has 1 aromatic carbocycles. The summed E-state index contributed by atoms with van der Waals surface area (Å²) in [6, 6.07) is 5.54. The van der Waals surface area contributed by atoms with Crippen molar-refractivity contribution in [2.45, 2.75) is 58.8 Å². The van der Waals surface area contributed by atoms with Crippen LogP contribution in [0.25, 0.3) is 10.9 Å². The molecule has 214 valence electrons. The minimum atomic E-state index is -4.79. The largest absolute Gasteiger partial charge is 0.522 e. The lowest BCUT2D eigenvalue weighted by atomic mass is 10.0. The Bertz CT molecular complexity index is 1380. The number of nitrogens with zero attached hydrogens (tertiary/aromatic N) is 5. The number of halogens is 3. The normalized spacial score (nSPS) is 19.1. The van der Waals surface area contributed by atoms with Crippen molar-refractivity contribution in [3.63, 3.8) is 0 Å². The lowest BCUT2D eigenvalue weighted by Gasteiger charge is -2.28. The topological polar surface area (TPSA) is 129 Å². The first-order valence-electron chi connectivity index (χ1n) is 12.6. The molecule has 40 heavy (non-hydrogen) atoms. The van der Waals surface area contributed by atoms with Crippen LogP contribution in [0.1, 0.15) is 43.5 Å². The summed E-state index contributed by atoms with van der Waals surface area (Å²) in [6.07, 6.45) is -1.24. The number of aromatic nitrogens is 4. The maximum atomic E-state index is 13.5. The zero-order chi connectivity index (χ0) is 29.0. The lowest BCUT2D eigenvalue weighted by molar-refractivity contribution is -0.323. The van der Waals surface area contributed by atoms with Gasteiger partial charge in [-0.15, -0.1) is 13.2 Å². The van der Waals surface area contributed by atoms with Gasteiger partial charge in [-0.25, -0.2) is 9.97 Å². The molecule has 0 unspecified atom stereocenters. The maximum absolute atomic E-state index is 13.5. The van der Waals surface area contributed by atoms with Crippen LogP contribution in [0.2, 0.25) is 0 Å². The number of hydrogen-bond acceptors (Lipinski definition) is 8. The average Bonchev–Trinajstić information content (AvgIpc) is 3.42. The van der Waals surface area contributed by atoms with Gasteiger partial charge in [-0.2, -0.15) is 5.10 Å². The molecule has 0 saturated carbocycles. The van der Waals surface area contributed by atoms with Crippen LogP contribution in [-0.4, -0.2) is 73.8 Å². The van der Waals surface area contributed by atoms with Gasteiger partial charge in [0.15, 0.2) is 11.6 Å². The third kappa shape index (κ3) is 6.73. The predicted octanol–water partition coefficient (Wildman–Crippen LogP) is 2.89. The van der Waals surface area contributed by atoms with Crippen LogP contribution in [0.3, 0.4) is 0 Å². The zero-order valence-corrected chi connectivity index (χ0v) is 22.1. The summed E-state index contributed by atoms with van der Waals surface area (Å²) in [4.78, 5) is 48.3. The lowest BCUT2D eigenvalue weighted by Crippen LogP contribution is -2.50. The minimum absolute atomic E-state index is 0.0263. The number of rotatable bonds is 10. The van der Waals surface area contributed by atoms with E-state index in [1.54, 1.807) is 36.7 Å². The Morgan fingerprint density at radius 1 is 1.15 bits per heavy atom. The number of amides is 2. The summed E-state index contributed by atoms with van der Waals surface area (Å²) >= 11 is 0. The number of benzene rings is 1. The fourth-order valence-electron chi connectivity index (χ4n) is 4.70. The second-order valence-electron chi connectivity index (χ2n) is 9.55. The third-order valence-corrected chi connectivity index (χ3v) is 6.78. The number of ketones is 1. The standard InChI is InChI=1S/C26H29F3N6O5/c1-15-11-21(25(38)32-9-10-40-26(27,28)29)35(16(15)2)23(37)13-34-20-6-5-18(12-19(20)24(33-34)17(3)36)39-14-22-30-7-4-8-31-22/h4-8,12,15-16,21H,9-11,13-14H2,1-3H3,(H,32,38)/t15-,16-,21+/m1/s1. The highest BCUT2D eigenvalue weighted by atomic mass is 19.4. The van der Waals surface area contributed by atoms with Crippen molar-refractivity contribution >= 4 is 28.5 Å². The quantitative estimate of drug-likeness (QED) is 0.295. The van der Waals surface area contributed by atoms with Crippen molar-refractivity contribution in [2.75, 3.05) is 13.2 Å². The summed E-state index contributed by atoms with van der Waals surface area (Å²) in [5, 5.41) is 7.28. The molecule has 1 aliphatic rings. The Labute approximate surface area is 227 Å². The molecule has 1 saturated heterocycles. The molecule has 11 nitrogen and oxygen atoms in total. The van der Waals surface area contributed by atoms with Crippen molar-refractivity contribution in [2.24, 2.45) is 5.92 Å². The number of carbonyl (C=O) groups excluding carboxylic acids is 3. The van der Waals surface area contributed by atoms with Gasteiger partial charge in [0.25, 0.3) is 0 Å². The van der Waals surface area contributed by atoms with E-state index in [-0.39, 0.29) is 43.1 Å². The second kappa shape index (κ2) is 12.0. The molecule has 1 N–H and O–H groups in total. The Morgan fingerprint density at radius 2 is 1.88 bits per heavy atom. The number of nitrogens with one attached hydrogen (secondary N) is 1. The van der Waals surface area contributed by atoms with E-state index < -0.39 is 30.8 Å². The molecule has 0 bridgehead atoms. The molecule has 0 spiro atoms. The Morgan fingerprint density at radius 3 is 2.55 bits per heavy atom. The first kappa shape index (κ1) is 28.9. The first-order valence-corrected chi connectivity index (χ1v) is 12.6. The number of ether oxygens (including phenoxy) is 2. The second-order valence-corrected chi connectivity index (χ2v) is 9.55. The third-order valence-electron chi connectivity index (χ3n) is 6.78. The van der Waals surface area contributed by atoms with Crippen molar-refractivity contribution in [1.29, 1.82) is 0 Å². The number of likely N-dealkylation sites (tertiary alicyclic amines) is 1. The van der Waals surface area contributed by atoms with Gasteiger partial charge in [0.2, 0.25) is 11.8 Å². The van der Waals surface area contributed by atoms with Gasteiger partial charge in [-0.1, -0.05) is 6.92 Å². The van der Waals surface area contributed by atoms with Crippen LogP contribution >= 0.6 is 0 Å². The zero-order valence-electron chi connectivity index (χ0n) is 22.1. The number of carbonyl (C=O) groups is 3. The molecular weight excluding hydrogens is 533 g/mol. The van der Waals surface area contributed by atoms with Crippen molar-refractivity contribution < 1.29 is 37.0 Å². The Hall–Kier alpha value is -4.07. The fraction of sp³-hybridized carbons (Fsp3) is 0.462. The number of alkyl halides is 3. The Balaban J connectivity index is 1.50. The molecule has 2 aromatic heterocycles. The van der Waals surface area contributed by atoms with E-state index in [1.165, 1.54) is 16.5 Å². The average molecular weight is 563 g/mol. The van der Waals surface area contributed by atoms with E-state index in [0.29, 0.717) is 28.9 Å². The molecule has 2 amide bonds. The predicted molar refractivity (Wildman–Crippen MR) is 135 cm³/mol. The van der Waals surface area contributed by atoms with Gasteiger partial charge in [-0.3, -0.25) is 23.8 Å². The van der Waals surface area contributed by atoms with E-state index >= 15 is 0 Å². The molecule has 14 heteroatoms. The van der Waals surface area contributed by atoms with Crippen LogP contribution in [0, 0.1) is 5.92 Å². The van der Waals surface area contributed by atoms with Crippen molar-refractivity contribution in [1.82, 2.24) is 30.0 Å². The van der Waals surface area contributed by atoms with E-state index in [9.17, 15) is 27.6 Å². The minimum Gasteiger partial charge on any atom is -0.486 e. The van der Waals surface area contributed by atoms with Gasteiger partial charge >= 0.3 is 6.36 Å². The summed E-state index contributed by atoms with van der Waals surface area (Å²) < 4.78 is 47.5. The number of Topliss-reactive ketones (excluding diaryl/α,β-unsaturated/α-hetero) is 1. The summed E-state index contributed by atoms with van der Waals surface area (Å²) in [5.41, 5.74) is 0.679. The number of hydrogen-bond donors (Lipinski definition) is 1. The van der Waals surface area contributed by atoms with Crippen LogP contribution in [0.4, 0.5) is 13.2 Å². The summed E-state index contributed by atoms with van der Waals surface area (Å²) in [5.74, 6) is -0.362. The van der Waals surface area contributed by atoms with Gasteiger partial charge in [0.05, 0.1) is 12.1 Å². The van der Waals surface area contributed by atoms with Crippen LogP contribution in [-0.2, 0) is 27.5 Å². The molecule has 3 heterocycles. The number of fused-ring (bicyclic) bond motifs is 1. The van der Waals surface area contributed by atoms with E-state index in [2.05, 4.69) is 25.1 Å². The van der Waals surface area contributed by atoms with Gasteiger partial charge in [0, 0.05) is 37.3 Å². The summed E-state index contributed by atoms with van der Waals surface area (Å²) in [6.45, 7) is 3.84. The highest BCUT2D eigenvalue weighted by Crippen LogP contribution is 2.31. The molecule has 3 aromatic rings. The van der Waals surface area contributed by atoms with Gasteiger partial charge in [0.1, 0.15) is 30.6 Å². The van der Waals surface area contributed by atoms with E-state index in [0.717, 1.165) is 0 Å². The molecule has 0 radical (unpaired) electrons. The molecule has 3 atom stereocenters. The molecule has 0 aliphatic carbocycles. The Kier molecular flexibility index (Phi) is 8.67.